The molecular formula is C13H19NO2S. The molecule has 0 aliphatic carbocycles. The predicted molar refractivity (Wildman–Crippen MR) is 71.4 cm³/mol. The van der Waals surface area contributed by atoms with Gasteiger partial charge in [-0.25, -0.2) is 0 Å². The monoisotopic (exact) mass is 253 g/mol. The molecule has 0 unspecified atom stereocenters. The highest BCUT2D eigenvalue weighted by atomic mass is 32.2. The highest BCUT2D eigenvalue weighted by Gasteiger charge is 2.01. The van der Waals surface area contributed by atoms with Gasteiger partial charge in [0.1, 0.15) is 0 Å². The Morgan fingerprint density at radius 1 is 1.35 bits per heavy atom. The van der Waals surface area contributed by atoms with Crippen LogP contribution < -0.4 is 5.32 Å². The van der Waals surface area contributed by atoms with Crippen molar-refractivity contribution in [1.29, 1.82) is 0 Å². The smallest absolute Gasteiger partial charge is 0.230 e. The van der Waals surface area contributed by atoms with Crippen LogP contribution in [0, 0.1) is 6.92 Å². The second kappa shape index (κ2) is 8.14. The van der Waals surface area contributed by atoms with Crippen molar-refractivity contribution in [3.05, 3.63) is 29.8 Å². The Bertz CT molecular complexity index is 338. The Labute approximate surface area is 107 Å². The predicted octanol–water partition coefficient (Wildman–Crippen LogP) is 2.24. The first-order valence-corrected chi connectivity index (χ1v) is 6.66. The van der Waals surface area contributed by atoms with E-state index in [0.717, 1.165) is 11.3 Å². The summed E-state index contributed by atoms with van der Waals surface area (Å²) in [5.74, 6) is 0.544. The Morgan fingerprint density at radius 2 is 2.06 bits per heavy atom. The lowest BCUT2D eigenvalue weighted by molar-refractivity contribution is -0.118. The fraction of sp³-hybridized carbons (Fsp3) is 0.462. The van der Waals surface area contributed by atoms with Gasteiger partial charge in [-0.2, -0.15) is 0 Å². The maximum absolute atomic E-state index is 11.5. The van der Waals surface area contributed by atoms with E-state index >= 15 is 0 Å². The molecule has 1 aromatic rings. The van der Waals surface area contributed by atoms with E-state index in [1.165, 1.54) is 5.56 Å². The summed E-state index contributed by atoms with van der Waals surface area (Å²) in [6.45, 7) is 3.42. The van der Waals surface area contributed by atoms with E-state index in [-0.39, 0.29) is 5.91 Å². The minimum atomic E-state index is 0.0756. The van der Waals surface area contributed by atoms with Crippen LogP contribution in [-0.4, -0.2) is 31.9 Å². The molecule has 0 bridgehead atoms. The first-order valence-electron chi connectivity index (χ1n) is 5.67. The average Bonchev–Trinajstić information content (AvgIpc) is 2.34. The molecule has 0 aliphatic heterocycles. The Kier molecular flexibility index (Phi) is 6.74. The van der Waals surface area contributed by atoms with Crippen LogP contribution in [0.2, 0.25) is 0 Å². The SMILES string of the molecule is COCCCNC(=O)CSc1ccc(C)cc1. The molecule has 1 amide bonds. The topological polar surface area (TPSA) is 38.3 Å². The quantitative estimate of drug-likeness (QED) is 0.598. The van der Waals surface area contributed by atoms with E-state index in [9.17, 15) is 4.79 Å². The standard InChI is InChI=1S/C13H19NO2S/c1-11-4-6-12(7-5-11)17-10-13(15)14-8-3-9-16-2/h4-7H,3,8-10H2,1-2H3,(H,14,15). The lowest BCUT2D eigenvalue weighted by Gasteiger charge is -2.05. The molecular weight excluding hydrogens is 234 g/mol. The fourth-order valence-electron chi connectivity index (χ4n) is 1.28. The lowest BCUT2D eigenvalue weighted by atomic mass is 10.2. The maximum atomic E-state index is 11.5. The Morgan fingerprint density at radius 3 is 2.71 bits per heavy atom. The zero-order chi connectivity index (χ0) is 12.5. The minimum Gasteiger partial charge on any atom is -0.385 e. The number of nitrogens with one attached hydrogen (secondary N) is 1. The van der Waals surface area contributed by atoms with E-state index in [0.29, 0.717) is 18.9 Å². The maximum Gasteiger partial charge on any atom is 0.230 e. The van der Waals surface area contributed by atoms with Crippen molar-refractivity contribution in [2.75, 3.05) is 26.0 Å². The van der Waals surface area contributed by atoms with Crippen LogP contribution in [0.5, 0.6) is 0 Å². The van der Waals surface area contributed by atoms with Gasteiger partial charge in [0.05, 0.1) is 5.75 Å². The van der Waals surface area contributed by atoms with Crippen molar-refractivity contribution in [2.24, 2.45) is 0 Å². The van der Waals surface area contributed by atoms with Gasteiger partial charge in [0.2, 0.25) is 5.91 Å². The molecule has 4 heteroatoms. The Hall–Kier alpha value is -1.00. The van der Waals surface area contributed by atoms with Crippen molar-refractivity contribution in [3.63, 3.8) is 0 Å². The summed E-state index contributed by atoms with van der Waals surface area (Å²) in [7, 11) is 1.66. The van der Waals surface area contributed by atoms with Crippen LogP contribution in [0.4, 0.5) is 0 Å². The summed E-state index contributed by atoms with van der Waals surface area (Å²) < 4.78 is 4.91. The van der Waals surface area contributed by atoms with Gasteiger partial charge in [0.15, 0.2) is 0 Å². The van der Waals surface area contributed by atoms with E-state index < -0.39 is 0 Å². The van der Waals surface area contributed by atoms with E-state index in [2.05, 4.69) is 24.4 Å². The van der Waals surface area contributed by atoms with Crippen molar-refractivity contribution >= 4 is 17.7 Å². The van der Waals surface area contributed by atoms with Gasteiger partial charge in [-0.1, -0.05) is 17.7 Å². The first kappa shape index (κ1) is 14.1. The van der Waals surface area contributed by atoms with Crippen LogP contribution >= 0.6 is 11.8 Å². The van der Waals surface area contributed by atoms with Gasteiger partial charge in [-0.3, -0.25) is 4.79 Å². The van der Waals surface area contributed by atoms with Gasteiger partial charge in [-0.05, 0) is 25.5 Å². The number of aryl methyl sites for hydroxylation is 1. The zero-order valence-electron chi connectivity index (χ0n) is 10.4. The van der Waals surface area contributed by atoms with Crippen molar-refractivity contribution in [1.82, 2.24) is 5.32 Å². The molecule has 0 aliphatic rings. The zero-order valence-corrected chi connectivity index (χ0v) is 11.2. The number of carbonyl (C=O) groups excluding carboxylic acids is 1. The highest BCUT2D eigenvalue weighted by molar-refractivity contribution is 8.00. The molecule has 0 heterocycles. The lowest BCUT2D eigenvalue weighted by Crippen LogP contribution is -2.26. The van der Waals surface area contributed by atoms with Crippen molar-refractivity contribution in [2.45, 2.75) is 18.2 Å². The third-order valence-electron chi connectivity index (χ3n) is 2.24. The first-order chi connectivity index (χ1) is 8.22. The summed E-state index contributed by atoms with van der Waals surface area (Å²) >= 11 is 1.56. The van der Waals surface area contributed by atoms with Gasteiger partial charge in [-0.15, -0.1) is 11.8 Å². The summed E-state index contributed by atoms with van der Waals surface area (Å²) in [4.78, 5) is 12.6. The number of hydrogen-bond acceptors (Lipinski definition) is 3. The molecule has 0 saturated heterocycles. The molecule has 1 rings (SSSR count). The van der Waals surface area contributed by atoms with Crippen LogP contribution in [0.1, 0.15) is 12.0 Å². The fourth-order valence-corrected chi connectivity index (χ4v) is 2.01. The minimum absolute atomic E-state index is 0.0756. The number of ether oxygens (including phenoxy) is 1. The van der Waals surface area contributed by atoms with Crippen molar-refractivity contribution in [3.8, 4) is 0 Å². The third kappa shape index (κ3) is 6.34. The number of amides is 1. The highest BCUT2D eigenvalue weighted by Crippen LogP contribution is 2.17. The molecule has 0 aromatic heterocycles. The molecule has 3 nitrogen and oxygen atoms in total. The van der Waals surface area contributed by atoms with Crippen LogP contribution in [-0.2, 0) is 9.53 Å². The van der Waals surface area contributed by atoms with E-state index in [1.807, 2.05) is 12.1 Å². The summed E-state index contributed by atoms with van der Waals surface area (Å²) in [6, 6.07) is 8.19. The molecule has 0 saturated carbocycles. The van der Waals surface area contributed by atoms with Crippen molar-refractivity contribution < 1.29 is 9.53 Å². The van der Waals surface area contributed by atoms with E-state index in [1.54, 1.807) is 18.9 Å². The number of rotatable bonds is 7. The number of carbonyl (C=O) groups is 1. The number of thioether (sulfide) groups is 1. The second-order valence-corrected chi connectivity index (χ2v) is 4.85. The average molecular weight is 253 g/mol. The second-order valence-electron chi connectivity index (χ2n) is 3.80. The number of hydrogen-bond donors (Lipinski definition) is 1. The van der Waals surface area contributed by atoms with Gasteiger partial charge >= 0.3 is 0 Å². The third-order valence-corrected chi connectivity index (χ3v) is 3.25. The number of benzene rings is 1. The summed E-state index contributed by atoms with van der Waals surface area (Å²) in [5.41, 5.74) is 1.23. The number of methoxy groups -OCH3 is 1. The van der Waals surface area contributed by atoms with Gasteiger partial charge < -0.3 is 10.1 Å². The molecule has 0 spiro atoms. The molecule has 94 valence electrons. The largest absolute Gasteiger partial charge is 0.385 e. The summed E-state index contributed by atoms with van der Waals surface area (Å²) in [5, 5.41) is 2.86. The Balaban J connectivity index is 2.17. The van der Waals surface area contributed by atoms with E-state index in [4.69, 9.17) is 4.74 Å². The molecule has 17 heavy (non-hydrogen) atoms. The van der Waals surface area contributed by atoms with Crippen LogP contribution in [0.3, 0.4) is 0 Å². The molecule has 0 fully saturated rings. The molecule has 1 aromatic carbocycles. The molecule has 0 atom stereocenters. The normalized spacial score (nSPS) is 10.2. The molecule has 0 radical (unpaired) electrons. The van der Waals surface area contributed by atoms with Gasteiger partial charge in [0.25, 0.3) is 0 Å². The van der Waals surface area contributed by atoms with Crippen LogP contribution in [0.15, 0.2) is 29.2 Å². The van der Waals surface area contributed by atoms with Gasteiger partial charge in [0, 0.05) is 25.2 Å². The van der Waals surface area contributed by atoms with Crippen LogP contribution in [0.25, 0.3) is 0 Å². The molecule has 1 N–H and O–H groups in total. The summed E-state index contributed by atoms with van der Waals surface area (Å²) in [6.07, 6.45) is 0.859.